The van der Waals surface area contributed by atoms with E-state index in [-0.39, 0.29) is 18.1 Å². The van der Waals surface area contributed by atoms with Crippen LogP contribution >= 0.6 is 0 Å². The molecule has 4 nitrogen and oxygen atoms in total. The first-order valence-electron chi connectivity index (χ1n) is 13.2. The lowest BCUT2D eigenvalue weighted by atomic mass is 9.84. The Labute approximate surface area is 225 Å². The second-order valence-electron chi connectivity index (χ2n) is 9.79. The average Bonchev–Trinajstić information content (AvgIpc) is 2.95. The molecule has 0 saturated carbocycles. The Kier molecular flexibility index (Phi) is 7.60. The standard InChI is InChI=1S/C34H34N2O2/c1-4-38-34(37)32-30(35-28-19-15-24(2)16-20-28)23-31(26-11-7-5-8-12-26)36(29-21-17-25(3)18-22-29)33(32)27-13-9-6-10-14-27/h5-22,31,33,35H,4,23H2,1-3H3/t31-,33+/m0/s1. The molecule has 0 bridgehead atoms. The molecule has 0 unspecified atom stereocenters. The summed E-state index contributed by atoms with van der Waals surface area (Å²) in [5, 5.41) is 3.63. The van der Waals surface area contributed by atoms with Gasteiger partial charge in [-0.15, -0.1) is 0 Å². The average molecular weight is 503 g/mol. The third kappa shape index (κ3) is 5.35. The third-order valence-corrected chi connectivity index (χ3v) is 7.08. The molecular formula is C34H34N2O2. The van der Waals surface area contributed by atoms with Gasteiger partial charge < -0.3 is 15.0 Å². The summed E-state index contributed by atoms with van der Waals surface area (Å²) in [4.78, 5) is 16.1. The number of esters is 1. The molecule has 192 valence electrons. The van der Waals surface area contributed by atoms with Crippen LogP contribution in [0.5, 0.6) is 0 Å². The minimum Gasteiger partial charge on any atom is -0.463 e. The minimum absolute atomic E-state index is 0.00441. The van der Waals surface area contributed by atoms with E-state index in [1.54, 1.807) is 0 Å². The highest BCUT2D eigenvalue weighted by Crippen LogP contribution is 2.48. The Bertz CT molecular complexity index is 1390. The molecule has 0 amide bonds. The molecule has 1 aliphatic rings. The number of carbonyl (C=O) groups excluding carboxylic acids is 1. The first kappa shape index (κ1) is 25.3. The number of nitrogens with zero attached hydrogens (tertiary/aromatic N) is 1. The van der Waals surface area contributed by atoms with E-state index in [4.69, 9.17) is 4.74 Å². The fourth-order valence-electron chi connectivity index (χ4n) is 5.22. The van der Waals surface area contributed by atoms with E-state index >= 15 is 0 Å². The summed E-state index contributed by atoms with van der Waals surface area (Å²) in [7, 11) is 0. The van der Waals surface area contributed by atoms with Crippen LogP contribution in [0.3, 0.4) is 0 Å². The minimum atomic E-state index is -0.343. The van der Waals surface area contributed by atoms with Crippen molar-refractivity contribution in [2.45, 2.75) is 39.3 Å². The van der Waals surface area contributed by atoms with Crippen molar-refractivity contribution in [2.75, 3.05) is 16.8 Å². The molecule has 4 aromatic carbocycles. The SMILES string of the molecule is CCOC(=O)C1=C(Nc2ccc(C)cc2)C[C@@H](c2ccccc2)N(c2ccc(C)cc2)[C@@H]1c1ccccc1. The van der Waals surface area contributed by atoms with Gasteiger partial charge in [0.05, 0.1) is 24.3 Å². The lowest BCUT2D eigenvalue weighted by Crippen LogP contribution is -2.41. The number of rotatable bonds is 7. The van der Waals surface area contributed by atoms with E-state index in [0.29, 0.717) is 18.6 Å². The topological polar surface area (TPSA) is 41.6 Å². The summed E-state index contributed by atoms with van der Waals surface area (Å²) in [6.07, 6.45) is 0.628. The molecule has 0 aromatic heterocycles. The number of carbonyl (C=O) groups is 1. The van der Waals surface area contributed by atoms with Crippen molar-refractivity contribution in [1.82, 2.24) is 0 Å². The van der Waals surface area contributed by atoms with Crippen molar-refractivity contribution in [1.29, 1.82) is 0 Å². The molecule has 2 atom stereocenters. The number of hydrogen-bond acceptors (Lipinski definition) is 4. The Balaban J connectivity index is 1.76. The maximum atomic E-state index is 13.8. The number of anilines is 2. The number of benzene rings is 4. The van der Waals surface area contributed by atoms with Crippen molar-refractivity contribution < 1.29 is 9.53 Å². The molecule has 1 N–H and O–H groups in total. The van der Waals surface area contributed by atoms with Crippen LogP contribution in [0.25, 0.3) is 0 Å². The van der Waals surface area contributed by atoms with E-state index in [9.17, 15) is 4.79 Å². The summed E-state index contributed by atoms with van der Waals surface area (Å²) >= 11 is 0. The summed E-state index contributed by atoms with van der Waals surface area (Å²) in [5.41, 5.74) is 8.17. The van der Waals surface area contributed by atoms with Gasteiger partial charge in [-0.1, -0.05) is 96.1 Å². The maximum absolute atomic E-state index is 13.8. The van der Waals surface area contributed by atoms with E-state index in [1.807, 2.05) is 31.2 Å². The van der Waals surface area contributed by atoms with Crippen molar-refractivity contribution >= 4 is 17.3 Å². The normalized spacial score (nSPS) is 17.3. The van der Waals surface area contributed by atoms with Crippen LogP contribution in [0.15, 0.2) is 120 Å². The molecule has 4 heteroatoms. The molecule has 0 spiro atoms. The van der Waals surface area contributed by atoms with Gasteiger partial charge in [-0.3, -0.25) is 0 Å². The number of aryl methyl sites for hydroxylation is 2. The predicted molar refractivity (Wildman–Crippen MR) is 155 cm³/mol. The van der Waals surface area contributed by atoms with Crippen LogP contribution in [-0.2, 0) is 9.53 Å². The Morgan fingerprint density at radius 3 is 1.92 bits per heavy atom. The zero-order valence-electron chi connectivity index (χ0n) is 22.2. The van der Waals surface area contributed by atoms with Crippen LogP contribution in [-0.4, -0.2) is 12.6 Å². The third-order valence-electron chi connectivity index (χ3n) is 7.08. The summed E-state index contributed by atoms with van der Waals surface area (Å²) < 4.78 is 5.70. The van der Waals surface area contributed by atoms with E-state index in [2.05, 4.69) is 109 Å². The lowest BCUT2D eigenvalue weighted by molar-refractivity contribution is -0.139. The molecule has 4 aromatic rings. The Morgan fingerprint density at radius 1 is 0.789 bits per heavy atom. The zero-order chi connectivity index (χ0) is 26.5. The second-order valence-corrected chi connectivity index (χ2v) is 9.79. The van der Waals surface area contributed by atoms with Gasteiger partial charge in [0.25, 0.3) is 0 Å². The van der Waals surface area contributed by atoms with E-state index in [0.717, 1.165) is 22.6 Å². The molecule has 0 radical (unpaired) electrons. The number of nitrogens with one attached hydrogen (secondary N) is 1. The quantitative estimate of drug-likeness (QED) is 0.261. The van der Waals surface area contributed by atoms with Crippen LogP contribution < -0.4 is 10.2 Å². The Morgan fingerprint density at radius 2 is 1.34 bits per heavy atom. The molecule has 1 heterocycles. The van der Waals surface area contributed by atoms with Crippen LogP contribution in [0, 0.1) is 13.8 Å². The largest absolute Gasteiger partial charge is 0.463 e. The highest BCUT2D eigenvalue weighted by Gasteiger charge is 2.41. The van der Waals surface area contributed by atoms with E-state index < -0.39 is 0 Å². The van der Waals surface area contributed by atoms with Crippen molar-refractivity contribution in [2.24, 2.45) is 0 Å². The molecule has 1 aliphatic heterocycles. The summed E-state index contributed by atoms with van der Waals surface area (Å²) in [5.74, 6) is -0.292. The van der Waals surface area contributed by atoms with Crippen LogP contribution in [0.4, 0.5) is 11.4 Å². The smallest absolute Gasteiger partial charge is 0.338 e. The van der Waals surface area contributed by atoms with Gasteiger partial charge in [-0.2, -0.15) is 0 Å². The first-order valence-corrected chi connectivity index (χ1v) is 13.2. The Hall–Kier alpha value is -4.31. The first-order chi connectivity index (χ1) is 18.5. The fourth-order valence-corrected chi connectivity index (χ4v) is 5.22. The van der Waals surface area contributed by atoms with Gasteiger partial charge in [-0.25, -0.2) is 4.79 Å². The van der Waals surface area contributed by atoms with Gasteiger partial charge in [-0.05, 0) is 56.2 Å². The highest BCUT2D eigenvalue weighted by atomic mass is 16.5. The van der Waals surface area contributed by atoms with Gasteiger partial charge in [0.2, 0.25) is 0 Å². The summed E-state index contributed by atoms with van der Waals surface area (Å²) in [6, 6.07) is 37.3. The predicted octanol–water partition coefficient (Wildman–Crippen LogP) is 7.93. The second kappa shape index (κ2) is 11.4. The maximum Gasteiger partial charge on any atom is 0.338 e. The van der Waals surface area contributed by atoms with Crippen molar-refractivity contribution in [3.05, 3.63) is 143 Å². The van der Waals surface area contributed by atoms with Gasteiger partial charge in [0.15, 0.2) is 0 Å². The molecule has 0 fully saturated rings. The van der Waals surface area contributed by atoms with Crippen molar-refractivity contribution in [3.8, 4) is 0 Å². The molecule has 0 aliphatic carbocycles. The van der Waals surface area contributed by atoms with Crippen molar-refractivity contribution in [3.63, 3.8) is 0 Å². The monoisotopic (exact) mass is 502 g/mol. The van der Waals surface area contributed by atoms with Crippen LogP contribution in [0.1, 0.15) is 47.7 Å². The molecular weight excluding hydrogens is 468 g/mol. The molecule has 38 heavy (non-hydrogen) atoms. The fraction of sp³-hybridized carbons (Fsp3) is 0.206. The van der Waals surface area contributed by atoms with Gasteiger partial charge in [0.1, 0.15) is 0 Å². The zero-order valence-corrected chi connectivity index (χ0v) is 22.2. The van der Waals surface area contributed by atoms with Crippen LogP contribution in [0.2, 0.25) is 0 Å². The number of ether oxygens (including phenoxy) is 1. The van der Waals surface area contributed by atoms with Gasteiger partial charge in [0, 0.05) is 23.5 Å². The molecule has 0 saturated heterocycles. The lowest BCUT2D eigenvalue weighted by Gasteiger charge is -2.46. The summed E-state index contributed by atoms with van der Waals surface area (Å²) in [6.45, 7) is 6.34. The van der Waals surface area contributed by atoms with Gasteiger partial charge >= 0.3 is 5.97 Å². The highest BCUT2D eigenvalue weighted by molar-refractivity contribution is 5.93. The van der Waals surface area contributed by atoms with E-state index in [1.165, 1.54) is 16.7 Å². The molecule has 5 rings (SSSR count). The number of hydrogen-bond donors (Lipinski definition) is 1.